The Morgan fingerprint density at radius 2 is 2.00 bits per heavy atom. The minimum atomic E-state index is -0.827. The van der Waals surface area contributed by atoms with E-state index in [2.05, 4.69) is 0 Å². The molecule has 1 heterocycles. The summed E-state index contributed by atoms with van der Waals surface area (Å²) in [6.45, 7) is 6.23. The van der Waals surface area contributed by atoms with Crippen molar-refractivity contribution in [1.29, 1.82) is 0 Å². The van der Waals surface area contributed by atoms with Gasteiger partial charge in [0.15, 0.2) is 11.4 Å². The molecule has 0 unspecified atom stereocenters. The molecule has 0 saturated carbocycles. The zero-order valence-electron chi connectivity index (χ0n) is 8.13. The van der Waals surface area contributed by atoms with Crippen LogP contribution in [0.4, 0.5) is 0 Å². The van der Waals surface area contributed by atoms with Gasteiger partial charge < -0.3 is 9.47 Å². The van der Waals surface area contributed by atoms with Crippen LogP contribution in [0.3, 0.4) is 0 Å². The quantitative estimate of drug-likeness (QED) is 0.574. The predicted molar refractivity (Wildman–Crippen MR) is 44.6 cm³/mol. The Bertz CT molecular complexity index is 299. The van der Waals surface area contributed by atoms with Crippen LogP contribution in [0.2, 0.25) is 0 Å². The van der Waals surface area contributed by atoms with Crippen LogP contribution in [0, 0.1) is 0 Å². The lowest BCUT2D eigenvalue weighted by Gasteiger charge is -2.19. The van der Waals surface area contributed by atoms with E-state index in [0.29, 0.717) is 11.3 Å². The molecule has 0 bridgehead atoms. The predicted octanol–water partition coefficient (Wildman–Crippen LogP) is 1.16. The van der Waals surface area contributed by atoms with Crippen LogP contribution in [0.5, 0.6) is 0 Å². The molecule has 0 radical (unpaired) electrons. The van der Waals surface area contributed by atoms with E-state index in [0.717, 1.165) is 0 Å². The molecule has 0 amide bonds. The first-order valence-corrected chi connectivity index (χ1v) is 3.97. The number of ether oxygens (including phenoxy) is 2. The lowest BCUT2D eigenvalue weighted by Crippen LogP contribution is -2.25. The molecule has 4 heteroatoms. The minimum absolute atomic E-state index is 0.310. The van der Waals surface area contributed by atoms with Crippen LogP contribution in [-0.4, -0.2) is 17.5 Å². The number of cyclic esters (lactones) is 1. The van der Waals surface area contributed by atoms with Gasteiger partial charge in [-0.25, -0.2) is 4.79 Å². The van der Waals surface area contributed by atoms with Crippen molar-refractivity contribution < 1.29 is 19.1 Å². The standard InChI is InChI=1S/C9H12O4/c1-5-7(12-6(2)10)9(3,4)13-8(5)11/h1-4H3. The molecule has 1 aliphatic heterocycles. The molecule has 0 fully saturated rings. The van der Waals surface area contributed by atoms with Crippen LogP contribution >= 0.6 is 0 Å². The number of rotatable bonds is 1. The Balaban J connectivity index is 3.01. The molecule has 0 spiro atoms. The monoisotopic (exact) mass is 184 g/mol. The van der Waals surface area contributed by atoms with Gasteiger partial charge in [-0.3, -0.25) is 4.79 Å². The zero-order chi connectivity index (χ0) is 10.2. The molecule has 0 atom stereocenters. The third kappa shape index (κ3) is 1.71. The van der Waals surface area contributed by atoms with Gasteiger partial charge in [0.2, 0.25) is 0 Å². The number of esters is 2. The third-order valence-electron chi connectivity index (χ3n) is 1.79. The fourth-order valence-corrected chi connectivity index (χ4v) is 1.24. The van der Waals surface area contributed by atoms with Gasteiger partial charge in [-0.2, -0.15) is 0 Å². The molecule has 1 rings (SSSR count). The Labute approximate surface area is 76.5 Å². The number of carbonyl (C=O) groups is 2. The van der Waals surface area contributed by atoms with Gasteiger partial charge in [-0.1, -0.05) is 0 Å². The summed E-state index contributed by atoms with van der Waals surface area (Å²) in [7, 11) is 0. The Kier molecular flexibility index (Phi) is 2.15. The van der Waals surface area contributed by atoms with E-state index in [9.17, 15) is 9.59 Å². The molecule has 0 aromatic carbocycles. The number of hydrogen-bond acceptors (Lipinski definition) is 4. The van der Waals surface area contributed by atoms with Crippen molar-refractivity contribution in [3.63, 3.8) is 0 Å². The highest BCUT2D eigenvalue weighted by Gasteiger charge is 2.40. The van der Waals surface area contributed by atoms with Crippen molar-refractivity contribution in [3.8, 4) is 0 Å². The lowest BCUT2D eigenvalue weighted by atomic mass is 10.1. The third-order valence-corrected chi connectivity index (χ3v) is 1.79. The Hall–Kier alpha value is -1.32. The van der Waals surface area contributed by atoms with Gasteiger partial charge in [0, 0.05) is 6.92 Å². The Morgan fingerprint density at radius 3 is 2.31 bits per heavy atom. The largest absolute Gasteiger partial charge is 0.448 e. The topological polar surface area (TPSA) is 52.6 Å². The van der Waals surface area contributed by atoms with Crippen molar-refractivity contribution in [2.45, 2.75) is 33.3 Å². The van der Waals surface area contributed by atoms with E-state index in [-0.39, 0.29) is 0 Å². The van der Waals surface area contributed by atoms with Gasteiger partial charge in [0.25, 0.3) is 0 Å². The van der Waals surface area contributed by atoms with Gasteiger partial charge in [-0.15, -0.1) is 0 Å². The first-order chi connectivity index (χ1) is 5.84. The maximum absolute atomic E-state index is 11.1. The maximum Gasteiger partial charge on any atom is 0.338 e. The molecule has 72 valence electrons. The van der Waals surface area contributed by atoms with Crippen LogP contribution in [0.25, 0.3) is 0 Å². The molecule has 13 heavy (non-hydrogen) atoms. The second-order valence-corrected chi connectivity index (χ2v) is 3.45. The number of carbonyl (C=O) groups excluding carboxylic acids is 2. The van der Waals surface area contributed by atoms with E-state index in [4.69, 9.17) is 9.47 Å². The fourth-order valence-electron chi connectivity index (χ4n) is 1.24. The maximum atomic E-state index is 11.1. The van der Waals surface area contributed by atoms with Crippen molar-refractivity contribution in [3.05, 3.63) is 11.3 Å². The molecule has 0 N–H and O–H groups in total. The summed E-state index contributed by atoms with van der Waals surface area (Å²) in [6.07, 6.45) is 0. The normalized spacial score (nSPS) is 20.2. The summed E-state index contributed by atoms with van der Waals surface area (Å²) >= 11 is 0. The van der Waals surface area contributed by atoms with Crippen molar-refractivity contribution >= 4 is 11.9 Å². The van der Waals surface area contributed by atoms with E-state index < -0.39 is 17.5 Å². The van der Waals surface area contributed by atoms with Crippen molar-refractivity contribution in [1.82, 2.24) is 0 Å². The van der Waals surface area contributed by atoms with Crippen LogP contribution in [-0.2, 0) is 19.1 Å². The summed E-state index contributed by atoms with van der Waals surface area (Å²) in [4.78, 5) is 21.8. The first kappa shape index (κ1) is 9.77. The molecular formula is C9H12O4. The highest BCUT2D eigenvalue weighted by Crippen LogP contribution is 2.32. The van der Waals surface area contributed by atoms with Gasteiger partial charge in [0.05, 0.1) is 5.57 Å². The molecule has 4 nitrogen and oxygen atoms in total. The summed E-state index contributed by atoms with van der Waals surface area (Å²) in [6, 6.07) is 0. The molecule has 0 aromatic heterocycles. The molecular weight excluding hydrogens is 172 g/mol. The van der Waals surface area contributed by atoms with Crippen LogP contribution in [0.1, 0.15) is 27.7 Å². The molecule has 1 aliphatic rings. The second-order valence-electron chi connectivity index (χ2n) is 3.45. The smallest absolute Gasteiger partial charge is 0.338 e. The Morgan fingerprint density at radius 1 is 1.46 bits per heavy atom. The molecule has 0 aromatic rings. The SMILES string of the molecule is CC(=O)OC1=C(C)C(=O)OC1(C)C. The summed E-state index contributed by atoms with van der Waals surface area (Å²) in [5, 5.41) is 0. The highest BCUT2D eigenvalue weighted by atomic mass is 16.6. The van der Waals surface area contributed by atoms with E-state index in [1.54, 1.807) is 20.8 Å². The average Bonchev–Trinajstić information content (AvgIpc) is 2.12. The molecule has 0 aliphatic carbocycles. The van der Waals surface area contributed by atoms with Gasteiger partial charge in [-0.05, 0) is 20.8 Å². The fraction of sp³-hybridized carbons (Fsp3) is 0.556. The lowest BCUT2D eigenvalue weighted by molar-refractivity contribution is -0.149. The van der Waals surface area contributed by atoms with Gasteiger partial charge >= 0.3 is 11.9 Å². The van der Waals surface area contributed by atoms with Crippen LogP contribution in [0.15, 0.2) is 11.3 Å². The van der Waals surface area contributed by atoms with Crippen molar-refractivity contribution in [2.75, 3.05) is 0 Å². The van der Waals surface area contributed by atoms with Crippen molar-refractivity contribution in [2.24, 2.45) is 0 Å². The molecule has 0 saturated heterocycles. The summed E-state index contributed by atoms with van der Waals surface area (Å²) < 4.78 is 9.89. The van der Waals surface area contributed by atoms with E-state index in [1.807, 2.05) is 0 Å². The van der Waals surface area contributed by atoms with Gasteiger partial charge in [0.1, 0.15) is 0 Å². The first-order valence-electron chi connectivity index (χ1n) is 3.97. The van der Waals surface area contributed by atoms with E-state index in [1.165, 1.54) is 6.92 Å². The number of hydrogen-bond donors (Lipinski definition) is 0. The summed E-state index contributed by atoms with van der Waals surface area (Å²) in [5.74, 6) is -0.563. The van der Waals surface area contributed by atoms with E-state index >= 15 is 0 Å². The van der Waals surface area contributed by atoms with Crippen LogP contribution < -0.4 is 0 Å². The minimum Gasteiger partial charge on any atom is -0.448 e. The average molecular weight is 184 g/mol. The second kappa shape index (κ2) is 2.87. The summed E-state index contributed by atoms with van der Waals surface area (Å²) in [5.41, 5.74) is -0.465. The zero-order valence-corrected chi connectivity index (χ0v) is 8.13. The highest BCUT2D eigenvalue weighted by molar-refractivity contribution is 5.92.